The summed E-state index contributed by atoms with van der Waals surface area (Å²) in [5.74, 6) is -3.54. The predicted octanol–water partition coefficient (Wildman–Crippen LogP) is 3.87. The van der Waals surface area contributed by atoms with Gasteiger partial charge >= 0.3 is 17.6 Å². The second-order valence-electron chi connectivity index (χ2n) is 7.16. The molecule has 0 amide bonds. The molecular weight excluding hydrogens is 651 g/mol. The van der Waals surface area contributed by atoms with E-state index in [1.165, 1.54) is 13.2 Å². The molecule has 186 valence electrons. The second-order valence-corrected chi connectivity index (χ2v) is 9.18. The highest BCUT2D eigenvalue weighted by atomic mass is 127. The second kappa shape index (κ2) is 11.0. The molecule has 2 N–H and O–H groups in total. The van der Waals surface area contributed by atoms with Crippen LogP contribution in [0.3, 0.4) is 0 Å². The first-order valence-corrected chi connectivity index (χ1v) is 11.9. The summed E-state index contributed by atoms with van der Waals surface area (Å²) in [4.78, 5) is 38.9. The van der Waals surface area contributed by atoms with Gasteiger partial charge < -0.3 is 19.9 Å². The maximum atomic E-state index is 13.2. The zero-order valence-corrected chi connectivity index (χ0v) is 22.8. The van der Waals surface area contributed by atoms with Gasteiger partial charge in [0.15, 0.2) is 0 Å². The van der Waals surface area contributed by atoms with Gasteiger partial charge in [0.25, 0.3) is 0 Å². The van der Waals surface area contributed by atoms with E-state index < -0.39 is 34.2 Å². The fourth-order valence-corrected chi connectivity index (χ4v) is 5.72. The number of anilines is 1. The van der Waals surface area contributed by atoms with Crippen molar-refractivity contribution >= 4 is 61.8 Å². The van der Waals surface area contributed by atoms with Crippen molar-refractivity contribution in [1.29, 1.82) is 5.26 Å². The minimum Gasteiger partial charge on any atom is -0.489 e. The number of halogens is 2. The van der Waals surface area contributed by atoms with E-state index in [-0.39, 0.29) is 36.4 Å². The summed E-state index contributed by atoms with van der Waals surface area (Å²) >= 11 is 5.07. The van der Waals surface area contributed by atoms with Gasteiger partial charge in [-0.05, 0) is 50.2 Å². The number of nitro groups is 1. The van der Waals surface area contributed by atoms with E-state index >= 15 is 0 Å². The summed E-state index contributed by atoms with van der Waals surface area (Å²) < 4.78 is 15.7. The number of benzene rings is 2. The van der Waals surface area contributed by atoms with Crippen molar-refractivity contribution in [1.82, 2.24) is 0 Å². The Kier molecular flexibility index (Phi) is 8.21. The van der Waals surface area contributed by atoms with Crippen molar-refractivity contribution in [3.05, 3.63) is 82.8 Å². The zero-order valence-electron chi connectivity index (χ0n) is 19.1. The van der Waals surface area contributed by atoms with E-state index in [1.54, 1.807) is 30.3 Å². The lowest BCUT2D eigenvalue weighted by molar-refractivity contribution is -0.385. The number of nitriles is 1. The molecule has 1 aliphatic heterocycles. The molecule has 36 heavy (non-hydrogen) atoms. The third kappa shape index (κ3) is 4.49. The Labute approximate surface area is 227 Å². The van der Waals surface area contributed by atoms with Gasteiger partial charge in [-0.1, -0.05) is 30.3 Å². The van der Waals surface area contributed by atoms with Crippen LogP contribution in [0.15, 0.2) is 63.5 Å². The monoisotopic (exact) mass is 668 g/mol. The maximum Gasteiger partial charge on any atom is 0.355 e. The molecule has 0 aromatic heterocycles. The first-order valence-electron chi connectivity index (χ1n) is 10.00. The molecule has 11 nitrogen and oxygen atoms in total. The number of nitro benzene ring substituents is 1. The van der Waals surface area contributed by atoms with Gasteiger partial charge in [-0.2, -0.15) is 5.26 Å². The number of carbonyl (C=O) groups is 2. The summed E-state index contributed by atoms with van der Waals surface area (Å²) in [7, 11) is 3.43. The number of nitrogens with two attached hydrogens (primary N) is 1. The molecular formula is C23H18BrIN4O7. The van der Waals surface area contributed by atoms with Crippen LogP contribution < -0.4 is 15.4 Å². The molecule has 0 saturated heterocycles. The normalized spacial score (nSPS) is 15.3. The van der Waals surface area contributed by atoms with Crippen LogP contribution in [0.5, 0.6) is 5.75 Å². The van der Waals surface area contributed by atoms with Crippen molar-refractivity contribution in [2.45, 2.75) is 5.92 Å². The van der Waals surface area contributed by atoms with E-state index in [9.17, 15) is 25.0 Å². The lowest BCUT2D eigenvalue weighted by atomic mass is 9.81. The Bertz CT molecular complexity index is 1370. The van der Waals surface area contributed by atoms with Gasteiger partial charge in [-0.3, -0.25) is 15.0 Å². The summed E-state index contributed by atoms with van der Waals surface area (Å²) in [6.45, 7) is 0. The highest BCUT2D eigenvalue weighted by Crippen LogP contribution is 2.50. The summed E-state index contributed by atoms with van der Waals surface area (Å²) in [6.07, 6.45) is 0. The summed E-state index contributed by atoms with van der Waals surface area (Å²) in [5, 5.41) is 22.4. The molecule has 2 aromatic rings. The lowest BCUT2D eigenvalue weighted by Gasteiger charge is -2.36. The number of methoxy groups -OCH3 is 3. The number of rotatable bonds is 6. The van der Waals surface area contributed by atoms with Gasteiger partial charge in [0.2, 0.25) is 5.75 Å². The van der Waals surface area contributed by atoms with Gasteiger partial charge in [0.05, 0.1) is 53.9 Å². The number of ether oxygens (including phenoxy) is 3. The number of hydrogen-bond donors (Lipinski definition) is 1. The Balaban J connectivity index is 2.58. The molecule has 3 rings (SSSR count). The Morgan fingerprint density at radius 3 is 2.31 bits per heavy atom. The van der Waals surface area contributed by atoms with Crippen LogP contribution in [0.25, 0.3) is 0 Å². The third-order valence-electron chi connectivity index (χ3n) is 5.36. The van der Waals surface area contributed by atoms with Crippen molar-refractivity contribution in [3.8, 4) is 11.8 Å². The van der Waals surface area contributed by atoms with Crippen LogP contribution in [0.1, 0.15) is 11.5 Å². The molecule has 0 spiro atoms. The third-order valence-corrected chi connectivity index (χ3v) is 6.77. The molecule has 2 aromatic carbocycles. The van der Waals surface area contributed by atoms with Crippen molar-refractivity contribution in [2.24, 2.45) is 5.73 Å². The van der Waals surface area contributed by atoms with Crippen LogP contribution in [0.2, 0.25) is 0 Å². The van der Waals surface area contributed by atoms with E-state index in [0.29, 0.717) is 5.56 Å². The van der Waals surface area contributed by atoms with Gasteiger partial charge in [-0.25, -0.2) is 9.59 Å². The fourth-order valence-electron chi connectivity index (χ4n) is 3.90. The van der Waals surface area contributed by atoms with Gasteiger partial charge in [0, 0.05) is 3.57 Å². The Morgan fingerprint density at radius 1 is 1.19 bits per heavy atom. The quantitative estimate of drug-likeness (QED) is 0.207. The molecule has 1 aliphatic rings. The molecule has 0 bridgehead atoms. The average Bonchev–Trinajstić information content (AvgIpc) is 2.87. The number of esters is 2. The highest BCUT2D eigenvalue weighted by Gasteiger charge is 2.46. The minimum absolute atomic E-state index is 0.124. The minimum atomic E-state index is -1.11. The maximum absolute atomic E-state index is 13.2. The van der Waals surface area contributed by atoms with Crippen molar-refractivity contribution in [2.75, 3.05) is 26.2 Å². The molecule has 0 aliphatic carbocycles. The first-order chi connectivity index (χ1) is 17.1. The highest BCUT2D eigenvalue weighted by molar-refractivity contribution is 14.1. The fraction of sp³-hybridized carbons (Fsp3) is 0.174. The van der Waals surface area contributed by atoms with Crippen molar-refractivity contribution < 1.29 is 28.7 Å². The van der Waals surface area contributed by atoms with Crippen LogP contribution >= 0.6 is 38.5 Å². The molecule has 1 heterocycles. The standard InChI is InChI=1S/C23H18BrIN4O7/c1-34-20-13(24)9-14(25)17(19(20)29(32)33)28-18(23(31)36-3)16(22(30)35-2)15(12(10-26)21(28)27)11-7-5-4-6-8-11/h4-9,15H,27H2,1-3H3. The number of nitrogens with zero attached hydrogens (tertiary/aromatic N) is 3. The van der Waals surface area contributed by atoms with Crippen LogP contribution in [-0.2, 0) is 19.1 Å². The molecule has 13 heteroatoms. The number of carbonyl (C=O) groups excluding carboxylic acids is 2. The SMILES string of the molecule is COC(=O)C1=C(C(=O)OC)N(c2c(I)cc(Br)c(OC)c2[N+](=O)[O-])C(N)=C(C#N)C1c1ccccc1. The molecule has 0 saturated carbocycles. The topological polar surface area (TPSA) is 158 Å². The Hall–Kier alpha value is -3.64. The lowest BCUT2D eigenvalue weighted by Crippen LogP contribution is -2.41. The largest absolute Gasteiger partial charge is 0.489 e. The van der Waals surface area contributed by atoms with Crippen LogP contribution in [0, 0.1) is 25.0 Å². The summed E-state index contributed by atoms with van der Waals surface area (Å²) in [5.41, 5.74) is 5.35. The van der Waals surface area contributed by atoms with E-state index in [4.69, 9.17) is 19.9 Å². The molecule has 1 atom stereocenters. The predicted molar refractivity (Wildman–Crippen MR) is 140 cm³/mol. The zero-order chi connectivity index (χ0) is 26.7. The van der Waals surface area contributed by atoms with Crippen molar-refractivity contribution in [3.63, 3.8) is 0 Å². The number of hydrogen-bond acceptors (Lipinski definition) is 10. The molecule has 0 fully saturated rings. The van der Waals surface area contributed by atoms with Gasteiger partial charge in [0.1, 0.15) is 17.2 Å². The molecule has 0 radical (unpaired) electrons. The van der Waals surface area contributed by atoms with Crippen LogP contribution in [-0.4, -0.2) is 38.2 Å². The first kappa shape index (κ1) is 27.0. The van der Waals surface area contributed by atoms with Gasteiger partial charge in [-0.15, -0.1) is 0 Å². The smallest absolute Gasteiger partial charge is 0.355 e. The van der Waals surface area contributed by atoms with E-state index in [2.05, 4.69) is 15.9 Å². The Morgan fingerprint density at radius 2 is 1.81 bits per heavy atom. The molecule has 1 unspecified atom stereocenters. The average molecular weight is 669 g/mol. The number of allylic oxidation sites excluding steroid dienone is 1. The summed E-state index contributed by atoms with van der Waals surface area (Å²) in [6, 6.07) is 11.9. The van der Waals surface area contributed by atoms with E-state index in [0.717, 1.165) is 19.1 Å². The van der Waals surface area contributed by atoms with E-state index in [1.807, 2.05) is 28.7 Å². The van der Waals surface area contributed by atoms with Crippen LogP contribution in [0.4, 0.5) is 11.4 Å².